The lowest BCUT2D eigenvalue weighted by Crippen LogP contribution is -2.18. The van der Waals surface area contributed by atoms with E-state index in [0.717, 1.165) is 25.2 Å². The molecule has 0 aliphatic rings. The molecular formula is C15H20FN3O. The van der Waals surface area contributed by atoms with Gasteiger partial charge in [-0.25, -0.2) is 4.39 Å². The van der Waals surface area contributed by atoms with Crippen molar-refractivity contribution >= 4 is 0 Å². The minimum atomic E-state index is -0.321. The Morgan fingerprint density at radius 1 is 1.35 bits per heavy atom. The van der Waals surface area contributed by atoms with Crippen LogP contribution in [0.15, 0.2) is 30.5 Å². The Labute approximate surface area is 118 Å². The van der Waals surface area contributed by atoms with Crippen molar-refractivity contribution in [2.24, 2.45) is 0 Å². The molecule has 1 heterocycles. The molecule has 0 saturated heterocycles. The van der Waals surface area contributed by atoms with Crippen LogP contribution in [-0.4, -0.2) is 23.4 Å². The van der Waals surface area contributed by atoms with E-state index in [1.807, 2.05) is 6.07 Å². The van der Waals surface area contributed by atoms with E-state index in [1.54, 1.807) is 29.1 Å². The molecule has 1 aromatic carbocycles. The third-order valence-corrected chi connectivity index (χ3v) is 3.12. The van der Waals surface area contributed by atoms with E-state index in [-0.39, 0.29) is 11.6 Å². The number of aromatic nitrogens is 2. The zero-order valence-corrected chi connectivity index (χ0v) is 11.9. The fourth-order valence-electron chi connectivity index (χ4n) is 2.04. The van der Waals surface area contributed by atoms with Crippen LogP contribution < -0.4 is 10.1 Å². The standard InChI is InChI=1S/C15H20FN3O/c1-3-8-17-10-13-7-9-18-19(13)11-12-5-4-6-14(20-2)15(12)16/h4-7,9,17H,3,8,10-11H2,1-2H3. The molecule has 0 fully saturated rings. The molecule has 20 heavy (non-hydrogen) atoms. The van der Waals surface area contributed by atoms with E-state index in [2.05, 4.69) is 17.3 Å². The normalized spacial score (nSPS) is 10.8. The Hall–Kier alpha value is -1.88. The first-order valence-electron chi connectivity index (χ1n) is 6.79. The highest BCUT2D eigenvalue weighted by Crippen LogP contribution is 2.20. The van der Waals surface area contributed by atoms with E-state index in [9.17, 15) is 4.39 Å². The monoisotopic (exact) mass is 277 g/mol. The topological polar surface area (TPSA) is 39.1 Å². The van der Waals surface area contributed by atoms with Crippen LogP contribution in [-0.2, 0) is 13.1 Å². The van der Waals surface area contributed by atoms with Crippen LogP contribution in [0.1, 0.15) is 24.6 Å². The molecule has 0 aliphatic carbocycles. The Bertz CT molecular complexity index is 554. The van der Waals surface area contributed by atoms with Gasteiger partial charge in [-0.05, 0) is 25.1 Å². The number of nitrogens with one attached hydrogen (secondary N) is 1. The number of methoxy groups -OCH3 is 1. The predicted octanol–water partition coefficient (Wildman–Crippen LogP) is 2.58. The molecule has 0 unspecified atom stereocenters. The van der Waals surface area contributed by atoms with E-state index < -0.39 is 0 Å². The smallest absolute Gasteiger partial charge is 0.170 e. The number of hydrogen-bond acceptors (Lipinski definition) is 3. The SMILES string of the molecule is CCCNCc1ccnn1Cc1cccc(OC)c1F. The van der Waals surface area contributed by atoms with Gasteiger partial charge in [0.1, 0.15) is 0 Å². The van der Waals surface area contributed by atoms with Crippen LogP contribution in [0.5, 0.6) is 5.75 Å². The lowest BCUT2D eigenvalue weighted by molar-refractivity contribution is 0.383. The maximum absolute atomic E-state index is 14.1. The highest BCUT2D eigenvalue weighted by Gasteiger charge is 2.10. The molecule has 0 atom stereocenters. The first kappa shape index (κ1) is 14.5. The summed E-state index contributed by atoms with van der Waals surface area (Å²) in [7, 11) is 1.47. The summed E-state index contributed by atoms with van der Waals surface area (Å²) in [4.78, 5) is 0. The van der Waals surface area contributed by atoms with Gasteiger partial charge in [-0.1, -0.05) is 19.1 Å². The summed E-state index contributed by atoms with van der Waals surface area (Å²) in [6, 6.07) is 7.10. The zero-order valence-electron chi connectivity index (χ0n) is 11.9. The number of nitrogens with zero attached hydrogens (tertiary/aromatic N) is 2. The summed E-state index contributed by atoms with van der Waals surface area (Å²) < 4.78 is 20.9. The summed E-state index contributed by atoms with van der Waals surface area (Å²) in [5.41, 5.74) is 1.62. The molecule has 5 heteroatoms. The molecule has 0 saturated carbocycles. The highest BCUT2D eigenvalue weighted by molar-refractivity contribution is 5.31. The Morgan fingerprint density at radius 3 is 2.95 bits per heavy atom. The van der Waals surface area contributed by atoms with Crippen molar-refractivity contribution in [2.75, 3.05) is 13.7 Å². The van der Waals surface area contributed by atoms with Crippen LogP contribution >= 0.6 is 0 Å². The van der Waals surface area contributed by atoms with Gasteiger partial charge in [-0.3, -0.25) is 4.68 Å². The quantitative estimate of drug-likeness (QED) is 0.791. The van der Waals surface area contributed by atoms with Gasteiger partial charge in [0.15, 0.2) is 11.6 Å². The van der Waals surface area contributed by atoms with Gasteiger partial charge >= 0.3 is 0 Å². The molecule has 0 aliphatic heterocycles. The molecule has 0 bridgehead atoms. The molecule has 0 radical (unpaired) electrons. The van der Waals surface area contributed by atoms with Crippen molar-refractivity contribution < 1.29 is 9.13 Å². The van der Waals surface area contributed by atoms with Gasteiger partial charge in [0, 0.05) is 18.3 Å². The number of ether oxygens (including phenoxy) is 1. The third-order valence-electron chi connectivity index (χ3n) is 3.12. The Morgan fingerprint density at radius 2 is 2.20 bits per heavy atom. The second-order valence-electron chi connectivity index (χ2n) is 4.59. The molecule has 2 aromatic rings. The fraction of sp³-hybridized carbons (Fsp3) is 0.400. The molecule has 2 rings (SSSR count). The van der Waals surface area contributed by atoms with Crippen LogP contribution in [0, 0.1) is 5.82 Å². The van der Waals surface area contributed by atoms with Crippen LogP contribution in [0.2, 0.25) is 0 Å². The molecular weight excluding hydrogens is 257 g/mol. The largest absolute Gasteiger partial charge is 0.494 e. The minimum Gasteiger partial charge on any atom is -0.494 e. The second kappa shape index (κ2) is 7.05. The van der Waals surface area contributed by atoms with Crippen LogP contribution in [0.3, 0.4) is 0 Å². The van der Waals surface area contributed by atoms with E-state index in [4.69, 9.17) is 4.74 Å². The number of hydrogen-bond donors (Lipinski definition) is 1. The van der Waals surface area contributed by atoms with E-state index >= 15 is 0 Å². The second-order valence-corrected chi connectivity index (χ2v) is 4.59. The Balaban J connectivity index is 2.12. The molecule has 1 aromatic heterocycles. The minimum absolute atomic E-state index is 0.264. The molecule has 1 N–H and O–H groups in total. The molecule has 108 valence electrons. The average Bonchev–Trinajstić information content (AvgIpc) is 2.89. The molecule has 4 nitrogen and oxygen atoms in total. The maximum atomic E-state index is 14.1. The maximum Gasteiger partial charge on any atom is 0.170 e. The van der Waals surface area contributed by atoms with Crippen molar-refractivity contribution in [2.45, 2.75) is 26.4 Å². The summed E-state index contributed by atoms with van der Waals surface area (Å²) in [6.07, 6.45) is 2.82. The first-order valence-corrected chi connectivity index (χ1v) is 6.79. The lowest BCUT2D eigenvalue weighted by atomic mass is 10.2. The summed E-state index contributed by atoms with van der Waals surface area (Å²) >= 11 is 0. The summed E-state index contributed by atoms with van der Waals surface area (Å²) in [6.45, 7) is 4.22. The number of halogens is 1. The van der Waals surface area contributed by atoms with Crippen molar-refractivity contribution in [1.82, 2.24) is 15.1 Å². The molecule has 0 amide bonds. The van der Waals surface area contributed by atoms with E-state index in [1.165, 1.54) is 7.11 Å². The van der Waals surface area contributed by atoms with Crippen molar-refractivity contribution in [3.63, 3.8) is 0 Å². The lowest BCUT2D eigenvalue weighted by Gasteiger charge is -2.10. The molecule has 0 spiro atoms. The number of rotatable bonds is 7. The predicted molar refractivity (Wildman–Crippen MR) is 76.3 cm³/mol. The average molecular weight is 277 g/mol. The summed E-state index contributed by atoms with van der Waals surface area (Å²) in [5, 5.41) is 7.58. The van der Waals surface area contributed by atoms with Crippen molar-refractivity contribution in [1.29, 1.82) is 0 Å². The first-order chi connectivity index (χ1) is 9.76. The van der Waals surface area contributed by atoms with Crippen molar-refractivity contribution in [3.8, 4) is 5.75 Å². The van der Waals surface area contributed by atoms with Gasteiger partial charge in [-0.2, -0.15) is 5.10 Å². The Kier molecular flexibility index (Phi) is 5.12. The fourth-order valence-corrected chi connectivity index (χ4v) is 2.04. The van der Waals surface area contributed by atoms with Crippen molar-refractivity contribution in [3.05, 3.63) is 47.5 Å². The van der Waals surface area contributed by atoms with Gasteiger partial charge < -0.3 is 10.1 Å². The zero-order chi connectivity index (χ0) is 14.4. The van der Waals surface area contributed by atoms with E-state index in [0.29, 0.717) is 12.1 Å². The van der Waals surface area contributed by atoms with Gasteiger partial charge in [0.05, 0.1) is 19.3 Å². The highest BCUT2D eigenvalue weighted by atomic mass is 19.1. The third kappa shape index (κ3) is 3.36. The van der Waals surface area contributed by atoms with Gasteiger partial charge in [-0.15, -0.1) is 0 Å². The van der Waals surface area contributed by atoms with Crippen LogP contribution in [0.4, 0.5) is 4.39 Å². The van der Waals surface area contributed by atoms with Gasteiger partial charge in [0.2, 0.25) is 0 Å². The number of benzene rings is 1. The summed E-state index contributed by atoms with van der Waals surface area (Å²) in [5.74, 6) is -0.0571. The van der Waals surface area contributed by atoms with Gasteiger partial charge in [0.25, 0.3) is 0 Å². The van der Waals surface area contributed by atoms with Crippen LogP contribution in [0.25, 0.3) is 0 Å².